The summed E-state index contributed by atoms with van der Waals surface area (Å²) in [6, 6.07) is 17.7. The van der Waals surface area contributed by atoms with E-state index in [1.807, 2.05) is 48.7 Å². The minimum absolute atomic E-state index is 0.218. The quantitative estimate of drug-likeness (QED) is 0.334. The van der Waals surface area contributed by atoms with Gasteiger partial charge < -0.3 is 13.7 Å². The van der Waals surface area contributed by atoms with E-state index in [1.54, 1.807) is 11.8 Å². The van der Waals surface area contributed by atoms with Crippen molar-refractivity contribution >= 4 is 23.4 Å². The normalized spacial score (nSPS) is 16.1. The van der Waals surface area contributed by atoms with Crippen molar-refractivity contribution in [1.82, 2.24) is 19.7 Å². The Balaban J connectivity index is 1.35. The van der Waals surface area contributed by atoms with Gasteiger partial charge in [0.15, 0.2) is 5.16 Å². The van der Waals surface area contributed by atoms with E-state index >= 15 is 0 Å². The van der Waals surface area contributed by atoms with E-state index in [0.717, 1.165) is 48.0 Å². The van der Waals surface area contributed by atoms with E-state index in [2.05, 4.69) is 26.9 Å². The SMILES string of the molecule is Clc1ccc(-c2nnc(CSc3ncc(-c4ccccc4)n3CC3CCCO3)o2)cc1. The van der Waals surface area contributed by atoms with Crippen LogP contribution in [-0.4, -0.2) is 32.5 Å². The fourth-order valence-corrected chi connectivity index (χ4v) is 4.58. The van der Waals surface area contributed by atoms with E-state index in [1.165, 1.54) is 0 Å². The molecule has 4 aromatic rings. The first-order valence-corrected chi connectivity index (χ1v) is 11.6. The maximum absolute atomic E-state index is 5.96. The summed E-state index contributed by atoms with van der Waals surface area (Å²) in [5.74, 6) is 1.58. The largest absolute Gasteiger partial charge is 0.420 e. The summed E-state index contributed by atoms with van der Waals surface area (Å²) in [5.41, 5.74) is 3.08. The minimum Gasteiger partial charge on any atom is -0.420 e. The second kappa shape index (κ2) is 9.26. The van der Waals surface area contributed by atoms with Crippen LogP contribution in [0.15, 0.2) is 70.4 Å². The van der Waals surface area contributed by atoms with Crippen LogP contribution in [0.25, 0.3) is 22.7 Å². The molecule has 1 fully saturated rings. The van der Waals surface area contributed by atoms with Crippen LogP contribution in [0.1, 0.15) is 18.7 Å². The van der Waals surface area contributed by atoms with Gasteiger partial charge >= 0.3 is 0 Å². The number of imidazole rings is 1. The Kier molecular flexibility index (Phi) is 6.06. The molecule has 1 unspecified atom stereocenters. The summed E-state index contributed by atoms with van der Waals surface area (Å²) in [4.78, 5) is 4.69. The molecule has 2 aromatic heterocycles. The molecule has 1 atom stereocenters. The Labute approximate surface area is 189 Å². The van der Waals surface area contributed by atoms with Crippen LogP contribution in [0.3, 0.4) is 0 Å². The molecule has 1 saturated heterocycles. The van der Waals surface area contributed by atoms with Crippen molar-refractivity contribution in [1.29, 1.82) is 0 Å². The van der Waals surface area contributed by atoms with Crippen molar-refractivity contribution in [3.63, 3.8) is 0 Å². The number of benzene rings is 2. The van der Waals surface area contributed by atoms with Crippen LogP contribution in [0.4, 0.5) is 0 Å². The van der Waals surface area contributed by atoms with Gasteiger partial charge in [0.1, 0.15) is 0 Å². The first kappa shape index (κ1) is 20.3. The summed E-state index contributed by atoms with van der Waals surface area (Å²) < 4.78 is 14.0. The topological polar surface area (TPSA) is 66.0 Å². The highest BCUT2D eigenvalue weighted by molar-refractivity contribution is 7.98. The van der Waals surface area contributed by atoms with E-state index in [4.69, 9.17) is 25.7 Å². The standard InChI is InChI=1S/C23H21ClN4O2S/c24-18-10-8-17(9-11-18)22-27-26-21(30-22)15-31-23-25-13-20(16-5-2-1-3-6-16)28(23)14-19-7-4-12-29-19/h1-3,5-6,8-11,13,19H,4,7,12,14-15H2. The molecule has 0 aliphatic carbocycles. The molecule has 0 saturated carbocycles. The zero-order chi connectivity index (χ0) is 21.0. The molecule has 0 spiro atoms. The fraction of sp³-hybridized carbons (Fsp3) is 0.261. The number of ether oxygens (including phenoxy) is 1. The molecule has 0 bridgehead atoms. The highest BCUT2D eigenvalue weighted by Gasteiger charge is 2.21. The maximum Gasteiger partial charge on any atom is 0.247 e. The third-order valence-corrected chi connectivity index (χ3v) is 6.41. The van der Waals surface area contributed by atoms with E-state index in [-0.39, 0.29) is 6.10 Å². The van der Waals surface area contributed by atoms with Crippen LogP contribution in [-0.2, 0) is 17.0 Å². The smallest absolute Gasteiger partial charge is 0.247 e. The molecule has 31 heavy (non-hydrogen) atoms. The predicted octanol–water partition coefficient (Wildman–Crippen LogP) is 5.72. The zero-order valence-corrected chi connectivity index (χ0v) is 18.4. The van der Waals surface area contributed by atoms with Gasteiger partial charge in [0, 0.05) is 17.2 Å². The van der Waals surface area contributed by atoms with Gasteiger partial charge in [-0.1, -0.05) is 53.7 Å². The molecule has 8 heteroatoms. The lowest BCUT2D eigenvalue weighted by atomic mass is 10.1. The number of aromatic nitrogens is 4. The third kappa shape index (κ3) is 4.69. The lowest BCUT2D eigenvalue weighted by Crippen LogP contribution is -2.16. The molecule has 1 aliphatic rings. The molecule has 158 valence electrons. The third-order valence-electron chi connectivity index (χ3n) is 5.18. The second-order valence-electron chi connectivity index (χ2n) is 7.33. The van der Waals surface area contributed by atoms with Crippen LogP contribution < -0.4 is 0 Å². The fourth-order valence-electron chi connectivity index (χ4n) is 3.63. The van der Waals surface area contributed by atoms with Crippen molar-refractivity contribution in [2.75, 3.05) is 6.61 Å². The van der Waals surface area contributed by atoms with Crippen molar-refractivity contribution in [3.05, 3.63) is 71.7 Å². The molecular formula is C23H21ClN4O2S. The first-order valence-electron chi connectivity index (χ1n) is 10.2. The van der Waals surface area contributed by atoms with Gasteiger partial charge in [-0.05, 0) is 42.7 Å². The second-order valence-corrected chi connectivity index (χ2v) is 8.71. The van der Waals surface area contributed by atoms with Crippen LogP contribution in [0, 0.1) is 0 Å². The molecule has 0 amide bonds. The Morgan fingerprint density at radius 1 is 1.03 bits per heavy atom. The number of rotatable bonds is 7. The summed E-state index contributed by atoms with van der Waals surface area (Å²) in [6.07, 6.45) is 4.33. The molecule has 3 heterocycles. The Hall–Kier alpha value is -2.61. The average molecular weight is 453 g/mol. The highest BCUT2D eigenvalue weighted by Crippen LogP contribution is 2.30. The molecule has 2 aromatic carbocycles. The van der Waals surface area contributed by atoms with Gasteiger partial charge in [-0.15, -0.1) is 10.2 Å². The van der Waals surface area contributed by atoms with Crippen LogP contribution in [0.5, 0.6) is 0 Å². The first-order chi connectivity index (χ1) is 15.3. The Morgan fingerprint density at radius 3 is 2.65 bits per heavy atom. The minimum atomic E-state index is 0.218. The Bertz CT molecular complexity index is 1140. The summed E-state index contributed by atoms with van der Waals surface area (Å²) >= 11 is 7.54. The van der Waals surface area contributed by atoms with Gasteiger partial charge in [-0.3, -0.25) is 0 Å². The van der Waals surface area contributed by atoms with Crippen LogP contribution in [0.2, 0.25) is 5.02 Å². The summed E-state index contributed by atoms with van der Waals surface area (Å²) in [6.45, 7) is 1.62. The predicted molar refractivity (Wildman–Crippen MR) is 121 cm³/mol. The van der Waals surface area contributed by atoms with Crippen molar-refractivity contribution in [2.45, 2.75) is 36.4 Å². The number of thioether (sulfide) groups is 1. The van der Waals surface area contributed by atoms with E-state index in [9.17, 15) is 0 Å². The van der Waals surface area contributed by atoms with Gasteiger partial charge in [0.05, 0.1) is 30.3 Å². The Morgan fingerprint density at radius 2 is 1.87 bits per heavy atom. The number of hydrogen-bond acceptors (Lipinski definition) is 6. The van der Waals surface area contributed by atoms with E-state index in [0.29, 0.717) is 22.6 Å². The molecular weight excluding hydrogens is 432 g/mol. The van der Waals surface area contributed by atoms with Crippen molar-refractivity contribution in [3.8, 4) is 22.7 Å². The van der Waals surface area contributed by atoms with Crippen LogP contribution >= 0.6 is 23.4 Å². The van der Waals surface area contributed by atoms with Gasteiger partial charge in [-0.2, -0.15) is 0 Å². The van der Waals surface area contributed by atoms with Crippen molar-refractivity contribution in [2.24, 2.45) is 0 Å². The molecule has 6 nitrogen and oxygen atoms in total. The van der Waals surface area contributed by atoms with Gasteiger partial charge in [0.25, 0.3) is 0 Å². The number of hydrogen-bond donors (Lipinski definition) is 0. The summed E-state index contributed by atoms with van der Waals surface area (Å²) in [5, 5.41) is 9.95. The average Bonchev–Trinajstić information content (AvgIpc) is 3.56. The van der Waals surface area contributed by atoms with Gasteiger partial charge in [0.2, 0.25) is 11.8 Å². The molecule has 0 radical (unpaired) electrons. The lowest BCUT2D eigenvalue weighted by molar-refractivity contribution is 0.0954. The zero-order valence-electron chi connectivity index (χ0n) is 16.8. The monoisotopic (exact) mass is 452 g/mol. The number of nitrogens with zero attached hydrogens (tertiary/aromatic N) is 4. The molecule has 0 N–H and O–H groups in total. The van der Waals surface area contributed by atoms with Gasteiger partial charge in [-0.25, -0.2) is 4.98 Å². The van der Waals surface area contributed by atoms with Crippen molar-refractivity contribution < 1.29 is 9.15 Å². The van der Waals surface area contributed by atoms with E-state index < -0.39 is 0 Å². The number of halogens is 1. The molecule has 1 aliphatic heterocycles. The molecule has 5 rings (SSSR count). The maximum atomic E-state index is 5.96. The summed E-state index contributed by atoms with van der Waals surface area (Å²) in [7, 11) is 0. The lowest BCUT2D eigenvalue weighted by Gasteiger charge is -2.15. The highest BCUT2D eigenvalue weighted by atomic mass is 35.5.